The Balaban J connectivity index is 2.36. The maximum absolute atomic E-state index is 12.7. The van der Waals surface area contributed by atoms with E-state index >= 15 is 0 Å². The van der Waals surface area contributed by atoms with E-state index in [1.165, 1.54) is 0 Å². The Kier molecular flexibility index (Phi) is 3.74. The van der Waals surface area contributed by atoms with E-state index in [1.807, 2.05) is 32.6 Å². The number of hydrogen-bond acceptors (Lipinski definition) is 2. The largest absolute Gasteiger partial charge is 0.338 e. The predicted octanol–water partition coefficient (Wildman–Crippen LogP) is 2.73. The second kappa shape index (κ2) is 5.16. The molecule has 1 aromatic rings. The zero-order chi connectivity index (χ0) is 14.2. The number of nitrogens with zero attached hydrogens (tertiary/aromatic N) is 1. The molecule has 1 heterocycles. The van der Waals surface area contributed by atoms with Crippen molar-refractivity contribution >= 4 is 11.7 Å². The number of carbonyl (C=O) groups is 2. The first-order valence-corrected chi connectivity index (χ1v) is 6.80. The van der Waals surface area contributed by atoms with E-state index in [0.29, 0.717) is 25.9 Å². The molecule has 0 N–H and O–H groups in total. The smallest absolute Gasteiger partial charge is 0.254 e. The average Bonchev–Trinajstić information content (AvgIpc) is 2.37. The van der Waals surface area contributed by atoms with Crippen LogP contribution in [0.3, 0.4) is 0 Å². The lowest BCUT2D eigenvalue weighted by atomic mass is 9.93. The number of rotatable bonds is 1. The molecule has 19 heavy (non-hydrogen) atoms. The summed E-state index contributed by atoms with van der Waals surface area (Å²) in [7, 11) is 0. The fourth-order valence-electron chi connectivity index (χ4n) is 2.65. The van der Waals surface area contributed by atoms with Crippen LogP contribution in [0.1, 0.15) is 45.5 Å². The Labute approximate surface area is 114 Å². The number of piperidine rings is 1. The molecule has 102 valence electrons. The van der Waals surface area contributed by atoms with Crippen molar-refractivity contribution in [3.63, 3.8) is 0 Å². The molecular weight excluding hydrogens is 238 g/mol. The number of aryl methyl sites for hydroxylation is 2. The molecule has 1 fully saturated rings. The van der Waals surface area contributed by atoms with Gasteiger partial charge in [-0.2, -0.15) is 0 Å². The molecule has 0 bridgehead atoms. The van der Waals surface area contributed by atoms with Crippen molar-refractivity contribution in [3.05, 3.63) is 33.9 Å². The number of Topliss-reactive ketones (excluding diaryl/α,β-unsaturated/α-hetero) is 1. The van der Waals surface area contributed by atoms with E-state index in [0.717, 1.165) is 27.8 Å². The van der Waals surface area contributed by atoms with Crippen LogP contribution in [0.2, 0.25) is 0 Å². The number of carbonyl (C=O) groups excluding carboxylic acids is 2. The van der Waals surface area contributed by atoms with Gasteiger partial charge in [-0.25, -0.2) is 0 Å². The summed E-state index contributed by atoms with van der Waals surface area (Å²) in [6, 6.07) is 2.13. The van der Waals surface area contributed by atoms with E-state index in [1.54, 1.807) is 0 Å². The number of likely N-dealkylation sites (tertiary alicyclic amines) is 1. The number of benzene rings is 1. The number of hydrogen-bond donors (Lipinski definition) is 0. The molecule has 0 unspecified atom stereocenters. The van der Waals surface area contributed by atoms with E-state index in [-0.39, 0.29) is 11.7 Å². The molecule has 0 atom stereocenters. The average molecular weight is 259 g/mol. The van der Waals surface area contributed by atoms with Crippen molar-refractivity contribution in [2.75, 3.05) is 13.1 Å². The Morgan fingerprint density at radius 3 is 1.95 bits per heavy atom. The highest BCUT2D eigenvalue weighted by Gasteiger charge is 2.25. The topological polar surface area (TPSA) is 37.4 Å². The van der Waals surface area contributed by atoms with Crippen LogP contribution >= 0.6 is 0 Å². The fourth-order valence-corrected chi connectivity index (χ4v) is 2.65. The van der Waals surface area contributed by atoms with E-state index in [2.05, 4.69) is 6.07 Å². The molecule has 0 aromatic heterocycles. The number of amides is 1. The first kappa shape index (κ1) is 13.8. The summed E-state index contributed by atoms with van der Waals surface area (Å²) in [5, 5.41) is 0. The quantitative estimate of drug-likeness (QED) is 0.777. The van der Waals surface area contributed by atoms with E-state index < -0.39 is 0 Å². The maximum atomic E-state index is 12.7. The van der Waals surface area contributed by atoms with Gasteiger partial charge in [-0.1, -0.05) is 6.07 Å². The minimum atomic E-state index is 0.0781. The molecule has 1 aromatic carbocycles. The third-order valence-electron chi connectivity index (χ3n) is 4.19. The van der Waals surface area contributed by atoms with Crippen LogP contribution in [0.25, 0.3) is 0 Å². The van der Waals surface area contributed by atoms with Gasteiger partial charge in [-0.15, -0.1) is 0 Å². The summed E-state index contributed by atoms with van der Waals surface area (Å²) in [6.45, 7) is 9.21. The van der Waals surface area contributed by atoms with Crippen LogP contribution in [0, 0.1) is 27.7 Å². The van der Waals surface area contributed by atoms with Gasteiger partial charge < -0.3 is 4.90 Å². The minimum Gasteiger partial charge on any atom is -0.338 e. The molecule has 0 aliphatic carbocycles. The highest BCUT2D eigenvalue weighted by atomic mass is 16.2. The van der Waals surface area contributed by atoms with Crippen LogP contribution < -0.4 is 0 Å². The minimum absolute atomic E-state index is 0.0781. The van der Waals surface area contributed by atoms with Crippen LogP contribution in [-0.4, -0.2) is 29.7 Å². The summed E-state index contributed by atoms with van der Waals surface area (Å²) in [5.41, 5.74) is 5.25. The Morgan fingerprint density at radius 2 is 1.47 bits per heavy atom. The molecule has 0 radical (unpaired) electrons. The van der Waals surface area contributed by atoms with Gasteiger partial charge in [0.2, 0.25) is 0 Å². The lowest BCUT2D eigenvalue weighted by molar-refractivity contribution is -0.120. The van der Waals surface area contributed by atoms with Crippen LogP contribution in [0.5, 0.6) is 0 Å². The highest BCUT2D eigenvalue weighted by Crippen LogP contribution is 2.24. The maximum Gasteiger partial charge on any atom is 0.254 e. The van der Waals surface area contributed by atoms with Crippen molar-refractivity contribution in [3.8, 4) is 0 Å². The van der Waals surface area contributed by atoms with Crippen molar-refractivity contribution in [1.29, 1.82) is 0 Å². The lowest BCUT2D eigenvalue weighted by Gasteiger charge is -2.28. The summed E-state index contributed by atoms with van der Waals surface area (Å²) in [5.74, 6) is 0.340. The molecule has 1 aliphatic heterocycles. The highest BCUT2D eigenvalue weighted by molar-refractivity contribution is 5.98. The van der Waals surface area contributed by atoms with Crippen molar-refractivity contribution < 1.29 is 9.59 Å². The molecule has 3 heteroatoms. The first-order valence-electron chi connectivity index (χ1n) is 6.80. The summed E-state index contributed by atoms with van der Waals surface area (Å²) in [4.78, 5) is 25.8. The second-order valence-corrected chi connectivity index (χ2v) is 5.47. The molecule has 2 rings (SSSR count). The normalized spacial score (nSPS) is 15.8. The molecule has 1 saturated heterocycles. The fraction of sp³-hybridized carbons (Fsp3) is 0.500. The molecule has 3 nitrogen and oxygen atoms in total. The molecule has 1 amide bonds. The van der Waals surface area contributed by atoms with E-state index in [9.17, 15) is 9.59 Å². The molecule has 0 spiro atoms. The Bertz CT molecular complexity index is 510. The monoisotopic (exact) mass is 259 g/mol. The van der Waals surface area contributed by atoms with Gasteiger partial charge in [0.15, 0.2) is 0 Å². The number of ketones is 1. The van der Waals surface area contributed by atoms with Crippen LogP contribution in [0.4, 0.5) is 0 Å². The van der Waals surface area contributed by atoms with Crippen LogP contribution in [0.15, 0.2) is 6.07 Å². The third-order valence-corrected chi connectivity index (χ3v) is 4.19. The second-order valence-electron chi connectivity index (χ2n) is 5.47. The van der Waals surface area contributed by atoms with Gasteiger partial charge in [-0.3, -0.25) is 9.59 Å². The zero-order valence-corrected chi connectivity index (χ0v) is 12.2. The van der Waals surface area contributed by atoms with Gasteiger partial charge in [0.05, 0.1) is 0 Å². The van der Waals surface area contributed by atoms with Gasteiger partial charge in [-0.05, 0) is 49.9 Å². The van der Waals surface area contributed by atoms with Crippen molar-refractivity contribution in [2.45, 2.75) is 40.5 Å². The van der Waals surface area contributed by atoms with Gasteiger partial charge >= 0.3 is 0 Å². The third kappa shape index (κ3) is 2.55. The molecular formula is C16H21NO2. The predicted molar refractivity (Wildman–Crippen MR) is 75.5 cm³/mol. The van der Waals surface area contributed by atoms with Gasteiger partial charge in [0.25, 0.3) is 5.91 Å². The van der Waals surface area contributed by atoms with Crippen molar-refractivity contribution in [2.24, 2.45) is 0 Å². The summed E-state index contributed by atoms with van der Waals surface area (Å²) < 4.78 is 0. The first-order chi connectivity index (χ1) is 8.91. The standard InChI is InChI=1S/C16H21NO2/c1-10-9-11(2)13(4)15(12(10)3)16(19)17-7-5-14(18)6-8-17/h9H,5-8H2,1-4H3. The summed E-state index contributed by atoms with van der Waals surface area (Å²) >= 11 is 0. The SMILES string of the molecule is Cc1cc(C)c(C)c(C(=O)N2CCC(=O)CC2)c1C. The zero-order valence-electron chi connectivity index (χ0n) is 12.2. The molecule has 0 saturated carbocycles. The summed E-state index contributed by atoms with van der Waals surface area (Å²) in [6.07, 6.45) is 0.989. The van der Waals surface area contributed by atoms with Crippen LogP contribution in [-0.2, 0) is 4.79 Å². The lowest BCUT2D eigenvalue weighted by Crippen LogP contribution is -2.39. The van der Waals surface area contributed by atoms with Crippen molar-refractivity contribution in [1.82, 2.24) is 4.90 Å². The van der Waals surface area contributed by atoms with Gasteiger partial charge in [0.1, 0.15) is 5.78 Å². The van der Waals surface area contributed by atoms with Gasteiger partial charge in [0, 0.05) is 31.5 Å². The molecule has 1 aliphatic rings. The van der Waals surface area contributed by atoms with E-state index in [4.69, 9.17) is 0 Å². The Hall–Kier alpha value is -1.64. The Morgan fingerprint density at radius 1 is 1.00 bits per heavy atom.